The topological polar surface area (TPSA) is 24.5 Å². The Hall–Kier alpha value is -0.120. The van der Waals surface area contributed by atoms with Gasteiger partial charge in [-0.3, -0.25) is 4.90 Å². The van der Waals surface area contributed by atoms with E-state index in [2.05, 4.69) is 17.1 Å². The summed E-state index contributed by atoms with van der Waals surface area (Å²) in [7, 11) is 1.80. The SMILES string of the molecule is CCNC1CC2CCC(C1)N2CCCCCOC. The molecular formula is C15H30N2O. The van der Waals surface area contributed by atoms with Crippen LogP contribution in [-0.2, 0) is 4.74 Å². The van der Waals surface area contributed by atoms with E-state index in [9.17, 15) is 0 Å². The lowest BCUT2D eigenvalue weighted by molar-refractivity contribution is 0.113. The van der Waals surface area contributed by atoms with E-state index in [1.165, 1.54) is 51.5 Å². The number of ether oxygens (including phenoxy) is 1. The van der Waals surface area contributed by atoms with E-state index >= 15 is 0 Å². The summed E-state index contributed by atoms with van der Waals surface area (Å²) in [5.74, 6) is 0. The molecule has 0 spiro atoms. The van der Waals surface area contributed by atoms with Gasteiger partial charge >= 0.3 is 0 Å². The van der Waals surface area contributed by atoms with Crippen LogP contribution in [0.1, 0.15) is 51.9 Å². The number of fused-ring (bicyclic) bond motifs is 2. The van der Waals surface area contributed by atoms with Crippen LogP contribution in [0.3, 0.4) is 0 Å². The molecule has 18 heavy (non-hydrogen) atoms. The average molecular weight is 254 g/mol. The third-order valence-corrected chi connectivity index (χ3v) is 4.64. The van der Waals surface area contributed by atoms with Gasteiger partial charge in [-0.15, -0.1) is 0 Å². The standard InChI is InChI=1S/C15H30N2O/c1-3-16-13-11-14-7-8-15(12-13)17(14)9-5-4-6-10-18-2/h13-16H,3-12H2,1-2H3. The van der Waals surface area contributed by atoms with E-state index in [1.54, 1.807) is 7.11 Å². The molecule has 2 heterocycles. The number of rotatable bonds is 8. The Morgan fingerprint density at radius 2 is 1.83 bits per heavy atom. The lowest BCUT2D eigenvalue weighted by Crippen LogP contribution is -2.49. The van der Waals surface area contributed by atoms with Gasteiger partial charge in [0.25, 0.3) is 0 Å². The van der Waals surface area contributed by atoms with Crippen molar-refractivity contribution >= 4 is 0 Å². The molecule has 2 atom stereocenters. The Morgan fingerprint density at radius 1 is 1.11 bits per heavy atom. The number of nitrogens with one attached hydrogen (secondary N) is 1. The minimum Gasteiger partial charge on any atom is -0.385 e. The van der Waals surface area contributed by atoms with Crippen LogP contribution in [-0.4, -0.2) is 49.8 Å². The van der Waals surface area contributed by atoms with Crippen molar-refractivity contribution in [2.45, 2.75) is 70.0 Å². The molecular weight excluding hydrogens is 224 g/mol. The van der Waals surface area contributed by atoms with Crippen molar-refractivity contribution in [2.75, 3.05) is 26.8 Å². The van der Waals surface area contributed by atoms with Crippen LogP contribution >= 0.6 is 0 Å². The second-order valence-corrected chi connectivity index (χ2v) is 5.90. The van der Waals surface area contributed by atoms with Crippen LogP contribution in [0.25, 0.3) is 0 Å². The number of piperidine rings is 1. The van der Waals surface area contributed by atoms with Crippen molar-refractivity contribution < 1.29 is 4.74 Å². The molecule has 2 aliphatic heterocycles. The minimum absolute atomic E-state index is 0.789. The predicted molar refractivity (Wildman–Crippen MR) is 75.9 cm³/mol. The summed E-state index contributed by atoms with van der Waals surface area (Å²) < 4.78 is 5.11. The van der Waals surface area contributed by atoms with E-state index in [4.69, 9.17) is 4.74 Å². The third kappa shape index (κ3) is 3.69. The summed E-state index contributed by atoms with van der Waals surface area (Å²) in [6.07, 6.45) is 9.52. The molecule has 2 aliphatic rings. The van der Waals surface area contributed by atoms with Crippen LogP contribution in [0, 0.1) is 0 Å². The molecule has 0 saturated carbocycles. The zero-order valence-corrected chi connectivity index (χ0v) is 12.2. The molecule has 2 rings (SSSR count). The maximum Gasteiger partial charge on any atom is 0.0462 e. The Kier molecular flexibility index (Phi) is 5.93. The maximum absolute atomic E-state index is 5.11. The first-order chi connectivity index (χ1) is 8.85. The molecule has 0 aliphatic carbocycles. The summed E-state index contributed by atoms with van der Waals surface area (Å²) in [4.78, 5) is 2.81. The highest BCUT2D eigenvalue weighted by Gasteiger charge is 2.39. The molecule has 3 heteroatoms. The first kappa shape index (κ1) is 14.3. The average Bonchev–Trinajstić information content (AvgIpc) is 2.60. The largest absolute Gasteiger partial charge is 0.385 e. The smallest absolute Gasteiger partial charge is 0.0462 e. The van der Waals surface area contributed by atoms with Gasteiger partial charge in [0.05, 0.1) is 0 Å². The third-order valence-electron chi connectivity index (χ3n) is 4.64. The quantitative estimate of drug-likeness (QED) is 0.673. The molecule has 2 saturated heterocycles. The summed E-state index contributed by atoms with van der Waals surface area (Å²) in [5.41, 5.74) is 0. The number of unbranched alkanes of at least 4 members (excludes halogenated alkanes) is 2. The van der Waals surface area contributed by atoms with Crippen LogP contribution < -0.4 is 5.32 Å². The second kappa shape index (κ2) is 7.46. The fourth-order valence-corrected chi connectivity index (χ4v) is 3.81. The lowest BCUT2D eigenvalue weighted by Gasteiger charge is -2.39. The van der Waals surface area contributed by atoms with E-state index in [0.29, 0.717) is 0 Å². The highest BCUT2D eigenvalue weighted by atomic mass is 16.5. The predicted octanol–water partition coefficient (Wildman–Crippen LogP) is 2.41. The number of hydrogen-bond acceptors (Lipinski definition) is 3. The number of nitrogens with zero attached hydrogens (tertiary/aromatic N) is 1. The van der Waals surface area contributed by atoms with Crippen molar-refractivity contribution in [2.24, 2.45) is 0 Å². The molecule has 0 aromatic carbocycles. The summed E-state index contributed by atoms with van der Waals surface area (Å²) >= 11 is 0. The molecule has 1 N–H and O–H groups in total. The van der Waals surface area contributed by atoms with Gasteiger partial charge in [0.1, 0.15) is 0 Å². The van der Waals surface area contributed by atoms with Crippen molar-refractivity contribution in [1.29, 1.82) is 0 Å². The first-order valence-corrected chi connectivity index (χ1v) is 7.83. The highest BCUT2D eigenvalue weighted by Crippen LogP contribution is 2.35. The molecule has 2 bridgehead atoms. The van der Waals surface area contributed by atoms with Crippen molar-refractivity contribution in [3.05, 3.63) is 0 Å². The minimum atomic E-state index is 0.789. The normalized spacial score (nSPS) is 32.0. The Labute approximate surface area is 112 Å². The molecule has 2 fully saturated rings. The van der Waals surface area contributed by atoms with E-state index in [-0.39, 0.29) is 0 Å². The summed E-state index contributed by atoms with van der Waals surface area (Å²) in [6.45, 7) is 5.60. The van der Waals surface area contributed by atoms with Crippen LogP contribution in [0.5, 0.6) is 0 Å². The first-order valence-electron chi connectivity index (χ1n) is 7.83. The van der Waals surface area contributed by atoms with Crippen LogP contribution in [0.2, 0.25) is 0 Å². The fraction of sp³-hybridized carbons (Fsp3) is 1.00. The second-order valence-electron chi connectivity index (χ2n) is 5.90. The van der Waals surface area contributed by atoms with Gasteiger partial charge in [-0.25, -0.2) is 0 Å². The lowest BCUT2D eigenvalue weighted by atomic mass is 9.97. The van der Waals surface area contributed by atoms with Gasteiger partial charge in [-0.05, 0) is 58.0 Å². The van der Waals surface area contributed by atoms with E-state index in [1.807, 2.05) is 0 Å². The van der Waals surface area contributed by atoms with Crippen molar-refractivity contribution in [3.8, 4) is 0 Å². The maximum atomic E-state index is 5.11. The van der Waals surface area contributed by atoms with Gasteiger partial charge in [-0.2, -0.15) is 0 Å². The fourth-order valence-electron chi connectivity index (χ4n) is 3.81. The highest BCUT2D eigenvalue weighted by molar-refractivity contribution is 4.97. The van der Waals surface area contributed by atoms with Crippen LogP contribution in [0.15, 0.2) is 0 Å². The molecule has 0 amide bonds. The Bertz CT molecular complexity index is 221. The molecule has 2 unspecified atom stereocenters. The van der Waals surface area contributed by atoms with Gasteiger partial charge < -0.3 is 10.1 Å². The van der Waals surface area contributed by atoms with Gasteiger partial charge in [0.2, 0.25) is 0 Å². The monoisotopic (exact) mass is 254 g/mol. The van der Waals surface area contributed by atoms with E-state index in [0.717, 1.165) is 31.3 Å². The Balaban J connectivity index is 1.68. The van der Waals surface area contributed by atoms with E-state index < -0.39 is 0 Å². The molecule has 106 valence electrons. The summed E-state index contributed by atoms with van der Waals surface area (Å²) in [6, 6.07) is 2.53. The van der Waals surface area contributed by atoms with Gasteiger partial charge in [0.15, 0.2) is 0 Å². The zero-order chi connectivity index (χ0) is 12.8. The van der Waals surface area contributed by atoms with Crippen molar-refractivity contribution in [1.82, 2.24) is 10.2 Å². The van der Waals surface area contributed by atoms with Gasteiger partial charge in [0, 0.05) is 31.8 Å². The summed E-state index contributed by atoms with van der Waals surface area (Å²) in [5, 5.41) is 3.65. The Morgan fingerprint density at radius 3 is 2.44 bits per heavy atom. The molecule has 0 aromatic heterocycles. The van der Waals surface area contributed by atoms with Crippen molar-refractivity contribution in [3.63, 3.8) is 0 Å². The molecule has 0 radical (unpaired) electrons. The zero-order valence-electron chi connectivity index (χ0n) is 12.2. The van der Waals surface area contributed by atoms with Gasteiger partial charge in [-0.1, -0.05) is 6.92 Å². The number of hydrogen-bond donors (Lipinski definition) is 1. The molecule has 3 nitrogen and oxygen atoms in total. The number of methoxy groups -OCH3 is 1. The van der Waals surface area contributed by atoms with Crippen LogP contribution in [0.4, 0.5) is 0 Å². The molecule has 0 aromatic rings.